The lowest BCUT2D eigenvalue weighted by Crippen LogP contribution is -2.38. The maximum atomic E-state index is 11.9. The maximum Gasteiger partial charge on any atom is 0.283 e. The number of carbonyl (C=O) groups is 1. The molecule has 0 bridgehead atoms. The zero-order valence-electron chi connectivity index (χ0n) is 11.9. The Morgan fingerprint density at radius 3 is 2.53 bits per heavy atom. The fourth-order valence-electron chi connectivity index (χ4n) is 2.39. The van der Waals surface area contributed by atoms with Crippen molar-refractivity contribution in [1.29, 1.82) is 0 Å². The number of aryl methyl sites for hydroxylation is 3. The summed E-state index contributed by atoms with van der Waals surface area (Å²) in [6.07, 6.45) is 2.01. The van der Waals surface area contributed by atoms with Gasteiger partial charge in [0.05, 0.1) is 6.61 Å². The van der Waals surface area contributed by atoms with Crippen molar-refractivity contribution in [3.05, 3.63) is 28.8 Å². The summed E-state index contributed by atoms with van der Waals surface area (Å²) in [6.45, 7) is 7.36. The molecular weight excluding hydrogens is 242 g/mol. The monoisotopic (exact) mass is 263 g/mol. The number of hydrogen-bond donors (Lipinski definition) is 0. The quantitative estimate of drug-likeness (QED) is 0.841. The number of hydroxylamine groups is 2. The smallest absolute Gasteiger partial charge is 0.283 e. The van der Waals surface area contributed by atoms with Gasteiger partial charge < -0.3 is 4.74 Å². The van der Waals surface area contributed by atoms with Gasteiger partial charge in [-0.3, -0.25) is 9.63 Å². The van der Waals surface area contributed by atoms with Gasteiger partial charge in [-0.2, -0.15) is 0 Å². The van der Waals surface area contributed by atoms with Gasteiger partial charge >= 0.3 is 0 Å². The second-order valence-electron chi connectivity index (χ2n) is 5.05. The SMILES string of the molecule is Cc1cc(C)c(OCC(=O)N2CCCCO2)c(C)c1. The van der Waals surface area contributed by atoms with E-state index in [0.29, 0.717) is 13.2 Å². The third-order valence-electron chi connectivity index (χ3n) is 3.23. The number of carbonyl (C=O) groups excluding carboxylic acids is 1. The van der Waals surface area contributed by atoms with Crippen molar-refractivity contribution >= 4 is 5.91 Å². The fourth-order valence-corrected chi connectivity index (χ4v) is 2.39. The minimum atomic E-state index is -0.112. The molecule has 1 saturated heterocycles. The molecule has 1 fully saturated rings. The molecule has 4 nitrogen and oxygen atoms in total. The largest absolute Gasteiger partial charge is 0.483 e. The summed E-state index contributed by atoms with van der Waals surface area (Å²) in [7, 11) is 0. The number of benzene rings is 1. The first kappa shape index (κ1) is 13.9. The van der Waals surface area contributed by atoms with E-state index in [9.17, 15) is 4.79 Å². The highest BCUT2D eigenvalue weighted by Crippen LogP contribution is 2.24. The Bertz CT molecular complexity index is 441. The molecule has 1 aromatic carbocycles. The highest BCUT2D eigenvalue weighted by molar-refractivity contribution is 5.76. The average molecular weight is 263 g/mol. The second kappa shape index (κ2) is 6.06. The Balaban J connectivity index is 1.96. The third-order valence-corrected chi connectivity index (χ3v) is 3.23. The molecule has 104 valence electrons. The lowest BCUT2D eigenvalue weighted by molar-refractivity contribution is -0.198. The summed E-state index contributed by atoms with van der Waals surface area (Å²) in [6, 6.07) is 4.12. The zero-order chi connectivity index (χ0) is 13.8. The minimum absolute atomic E-state index is 0.0325. The summed E-state index contributed by atoms with van der Waals surface area (Å²) in [5.74, 6) is 0.690. The van der Waals surface area contributed by atoms with Crippen molar-refractivity contribution in [3.63, 3.8) is 0 Å². The van der Waals surface area contributed by atoms with Crippen LogP contribution >= 0.6 is 0 Å². The van der Waals surface area contributed by atoms with Crippen LogP contribution in [0.15, 0.2) is 12.1 Å². The minimum Gasteiger partial charge on any atom is -0.483 e. The van der Waals surface area contributed by atoms with Crippen molar-refractivity contribution in [3.8, 4) is 5.75 Å². The van der Waals surface area contributed by atoms with Crippen molar-refractivity contribution < 1.29 is 14.4 Å². The standard InChI is InChI=1S/C15H21NO3/c1-11-8-12(2)15(13(3)9-11)18-10-14(17)16-6-4-5-7-19-16/h8-9H,4-7,10H2,1-3H3. The van der Waals surface area contributed by atoms with Crippen LogP contribution in [0.1, 0.15) is 29.5 Å². The first-order chi connectivity index (χ1) is 9.08. The number of amides is 1. The van der Waals surface area contributed by atoms with Crippen molar-refractivity contribution in [1.82, 2.24) is 5.06 Å². The van der Waals surface area contributed by atoms with Gasteiger partial charge in [0.25, 0.3) is 5.91 Å². The lowest BCUT2D eigenvalue weighted by Gasteiger charge is -2.26. The van der Waals surface area contributed by atoms with E-state index in [4.69, 9.17) is 9.57 Å². The molecule has 0 aromatic heterocycles. The number of ether oxygens (including phenoxy) is 1. The normalized spacial score (nSPS) is 15.4. The van der Waals surface area contributed by atoms with Crippen LogP contribution in [0.25, 0.3) is 0 Å². The summed E-state index contributed by atoms with van der Waals surface area (Å²) in [5, 5.41) is 1.42. The van der Waals surface area contributed by atoms with Gasteiger partial charge in [-0.15, -0.1) is 0 Å². The van der Waals surface area contributed by atoms with Gasteiger partial charge in [0.2, 0.25) is 0 Å². The van der Waals surface area contributed by atoms with Crippen LogP contribution in [0.3, 0.4) is 0 Å². The van der Waals surface area contributed by atoms with E-state index in [1.807, 2.05) is 13.8 Å². The predicted octanol–water partition coefficient (Wildman–Crippen LogP) is 2.54. The third kappa shape index (κ3) is 3.47. The molecule has 2 rings (SSSR count). The van der Waals surface area contributed by atoms with Crippen LogP contribution in [0.5, 0.6) is 5.75 Å². The highest BCUT2D eigenvalue weighted by atomic mass is 16.7. The summed E-state index contributed by atoms with van der Waals surface area (Å²) in [5.41, 5.74) is 3.32. The van der Waals surface area contributed by atoms with Gasteiger partial charge in [-0.1, -0.05) is 17.7 Å². The Morgan fingerprint density at radius 1 is 1.26 bits per heavy atom. The molecule has 1 aliphatic rings. The molecule has 1 heterocycles. The van der Waals surface area contributed by atoms with Gasteiger partial charge in [0.15, 0.2) is 6.61 Å². The van der Waals surface area contributed by atoms with Crippen molar-refractivity contribution in [2.75, 3.05) is 19.8 Å². The van der Waals surface area contributed by atoms with Crippen LogP contribution < -0.4 is 4.74 Å². The van der Waals surface area contributed by atoms with Crippen molar-refractivity contribution in [2.24, 2.45) is 0 Å². The van der Waals surface area contributed by atoms with E-state index in [1.54, 1.807) is 0 Å². The highest BCUT2D eigenvalue weighted by Gasteiger charge is 2.18. The van der Waals surface area contributed by atoms with E-state index >= 15 is 0 Å². The molecule has 4 heteroatoms. The molecule has 0 unspecified atom stereocenters. The first-order valence-corrected chi connectivity index (χ1v) is 6.72. The van der Waals surface area contributed by atoms with Crippen LogP contribution in [0, 0.1) is 20.8 Å². The molecule has 0 N–H and O–H groups in total. The molecule has 0 atom stereocenters. The van der Waals surface area contributed by atoms with E-state index in [0.717, 1.165) is 29.7 Å². The second-order valence-corrected chi connectivity index (χ2v) is 5.05. The number of nitrogens with zero attached hydrogens (tertiary/aromatic N) is 1. The van der Waals surface area contributed by atoms with Gasteiger partial charge in [-0.05, 0) is 44.7 Å². The van der Waals surface area contributed by atoms with E-state index in [2.05, 4.69) is 19.1 Å². The van der Waals surface area contributed by atoms with Crippen LogP contribution in [0.4, 0.5) is 0 Å². The summed E-state index contributed by atoms with van der Waals surface area (Å²) < 4.78 is 5.67. The Hall–Kier alpha value is -1.55. The Kier molecular flexibility index (Phi) is 4.43. The molecule has 19 heavy (non-hydrogen) atoms. The topological polar surface area (TPSA) is 38.8 Å². The van der Waals surface area contributed by atoms with E-state index < -0.39 is 0 Å². The van der Waals surface area contributed by atoms with Gasteiger partial charge in [0, 0.05) is 6.54 Å². The molecular formula is C15H21NO3. The van der Waals surface area contributed by atoms with Crippen molar-refractivity contribution in [2.45, 2.75) is 33.6 Å². The van der Waals surface area contributed by atoms with Crippen LogP contribution in [-0.2, 0) is 9.63 Å². The first-order valence-electron chi connectivity index (χ1n) is 6.72. The van der Waals surface area contributed by atoms with Crippen LogP contribution in [0.2, 0.25) is 0 Å². The molecule has 1 aliphatic heterocycles. The summed E-state index contributed by atoms with van der Waals surface area (Å²) >= 11 is 0. The molecule has 1 aromatic rings. The van der Waals surface area contributed by atoms with Gasteiger partial charge in [-0.25, -0.2) is 5.06 Å². The molecule has 0 spiro atoms. The molecule has 1 amide bonds. The van der Waals surface area contributed by atoms with Crippen LogP contribution in [-0.4, -0.2) is 30.7 Å². The van der Waals surface area contributed by atoms with Gasteiger partial charge in [0.1, 0.15) is 5.75 Å². The Morgan fingerprint density at radius 2 is 1.95 bits per heavy atom. The lowest BCUT2D eigenvalue weighted by atomic mass is 10.1. The summed E-state index contributed by atoms with van der Waals surface area (Å²) in [4.78, 5) is 17.2. The maximum absolute atomic E-state index is 11.9. The van der Waals surface area contributed by atoms with E-state index in [1.165, 1.54) is 10.6 Å². The number of rotatable bonds is 3. The predicted molar refractivity (Wildman–Crippen MR) is 73.0 cm³/mol. The average Bonchev–Trinajstić information content (AvgIpc) is 2.38. The zero-order valence-corrected chi connectivity index (χ0v) is 11.9. The van der Waals surface area contributed by atoms with E-state index in [-0.39, 0.29) is 12.5 Å². The molecule has 0 saturated carbocycles. The molecule has 0 aliphatic carbocycles. The Labute approximate surface area is 114 Å². The fraction of sp³-hybridized carbons (Fsp3) is 0.533. The molecule has 0 radical (unpaired) electrons. The number of hydrogen-bond acceptors (Lipinski definition) is 3.